The predicted molar refractivity (Wildman–Crippen MR) is 194 cm³/mol. The van der Waals surface area contributed by atoms with E-state index >= 15 is 0 Å². The van der Waals surface area contributed by atoms with Crippen LogP contribution in [0.25, 0.3) is 82.5 Å². The van der Waals surface area contributed by atoms with Gasteiger partial charge in [0.25, 0.3) is 0 Å². The van der Waals surface area contributed by atoms with E-state index in [0.29, 0.717) is 5.56 Å². The van der Waals surface area contributed by atoms with Gasteiger partial charge in [0, 0.05) is 49.4 Å². The number of nitrogens with zero attached hydrogens (tertiary/aromatic N) is 4. The fourth-order valence-corrected chi connectivity index (χ4v) is 7.67. The zero-order chi connectivity index (χ0) is 31.1. The fraction of sp³-hybridized carbons (Fsp3) is 0. The van der Waals surface area contributed by atoms with Gasteiger partial charge in [0.2, 0.25) is 0 Å². The van der Waals surface area contributed by atoms with Gasteiger partial charge in [-0.05, 0) is 78.9 Å². The Labute approximate surface area is 270 Å². The van der Waals surface area contributed by atoms with Crippen molar-refractivity contribution in [3.05, 3.63) is 163 Å². The van der Waals surface area contributed by atoms with Crippen molar-refractivity contribution in [2.75, 3.05) is 0 Å². The van der Waals surface area contributed by atoms with Gasteiger partial charge in [-0.3, -0.25) is 0 Å². The summed E-state index contributed by atoms with van der Waals surface area (Å²) in [5.74, 6) is 0. The van der Waals surface area contributed by atoms with Crippen LogP contribution in [-0.2, 0) is 0 Å². The van der Waals surface area contributed by atoms with Crippen LogP contribution in [0, 0.1) is 11.3 Å². The average Bonchev–Trinajstić information content (AvgIpc) is 3.77. The van der Waals surface area contributed by atoms with E-state index in [1.807, 2.05) is 12.1 Å². The molecule has 47 heavy (non-hydrogen) atoms. The number of hydrogen-bond acceptors (Lipinski definition) is 1. The number of aromatic nitrogens is 3. The van der Waals surface area contributed by atoms with Gasteiger partial charge in [-0.2, -0.15) is 5.26 Å². The van der Waals surface area contributed by atoms with Crippen LogP contribution in [0.2, 0.25) is 0 Å². The Balaban J connectivity index is 1.21. The van der Waals surface area contributed by atoms with Gasteiger partial charge in [-0.15, -0.1) is 0 Å². The molecule has 4 nitrogen and oxygen atoms in total. The summed E-state index contributed by atoms with van der Waals surface area (Å²) in [6.07, 6.45) is 0. The lowest BCUT2D eigenvalue weighted by Gasteiger charge is -2.13. The largest absolute Gasteiger partial charge is 0.309 e. The normalized spacial score (nSPS) is 11.8. The van der Waals surface area contributed by atoms with Gasteiger partial charge >= 0.3 is 0 Å². The van der Waals surface area contributed by atoms with Crippen LogP contribution < -0.4 is 0 Å². The molecule has 0 saturated heterocycles. The summed E-state index contributed by atoms with van der Waals surface area (Å²) >= 11 is 0. The van der Waals surface area contributed by atoms with E-state index in [4.69, 9.17) is 0 Å². The van der Waals surface area contributed by atoms with Crippen molar-refractivity contribution in [3.63, 3.8) is 0 Å². The highest BCUT2D eigenvalue weighted by Crippen LogP contribution is 2.38. The maximum atomic E-state index is 9.61. The molecule has 0 aliphatic heterocycles. The van der Waals surface area contributed by atoms with Crippen molar-refractivity contribution in [1.82, 2.24) is 13.7 Å². The third-order valence-electron chi connectivity index (χ3n) is 9.64. The lowest BCUT2D eigenvalue weighted by Crippen LogP contribution is -1.99. The third-order valence-corrected chi connectivity index (χ3v) is 9.64. The lowest BCUT2D eigenvalue weighted by molar-refractivity contribution is 1.13. The summed E-state index contributed by atoms with van der Waals surface area (Å²) in [5, 5.41) is 16.8. The number of fused-ring (bicyclic) bond motifs is 9. The summed E-state index contributed by atoms with van der Waals surface area (Å²) in [6, 6.07) is 58.4. The van der Waals surface area contributed by atoms with Crippen molar-refractivity contribution >= 4 is 65.4 Å². The molecule has 218 valence electrons. The highest BCUT2D eigenvalue weighted by atomic mass is 15.0. The first-order chi connectivity index (χ1) is 23.3. The quantitative estimate of drug-likeness (QED) is 0.199. The summed E-state index contributed by atoms with van der Waals surface area (Å²) in [5.41, 5.74) is 10.9. The smallest absolute Gasteiger partial charge is 0.0991 e. The van der Waals surface area contributed by atoms with Gasteiger partial charge in [-0.1, -0.05) is 78.9 Å². The van der Waals surface area contributed by atoms with Crippen LogP contribution in [0.4, 0.5) is 0 Å². The molecule has 0 spiro atoms. The number of rotatable bonds is 3. The highest BCUT2D eigenvalue weighted by Gasteiger charge is 2.18. The van der Waals surface area contributed by atoms with Crippen molar-refractivity contribution < 1.29 is 0 Å². The molecule has 0 saturated carbocycles. The maximum Gasteiger partial charge on any atom is 0.0991 e. The van der Waals surface area contributed by atoms with E-state index in [9.17, 15) is 5.26 Å². The van der Waals surface area contributed by atoms with Crippen molar-refractivity contribution in [2.24, 2.45) is 0 Å². The van der Waals surface area contributed by atoms with Gasteiger partial charge in [0.15, 0.2) is 0 Å². The second kappa shape index (κ2) is 9.71. The van der Waals surface area contributed by atoms with Crippen molar-refractivity contribution in [2.45, 2.75) is 0 Å². The standard InChI is InChI=1S/C43H26N4/c44-27-28-20-22-42-36(24-28)34-14-3-7-18-40(34)45(42)29-10-9-11-30(25-29)46-41-19-8-4-15-35(41)37-26-31(21-23-43(37)46)47-38-16-5-1-12-32(38)33-13-2-6-17-39(33)47/h1-26H. The lowest BCUT2D eigenvalue weighted by atomic mass is 10.1. The second-order valence-corrected chi connectivity index (χ2v) is 12.1. The first-order valence-corrected chi connectivity index (χ1v) is 15.8. The van der Waals surface area contributed by atoms with Gasteiger partial charge in [0.1, 0.15) is 0 Å². The van der Waals surface area contributed by atoms with E-state index in [1.165, 1.54) is 38.1 Å². The Morgan fingerprint density at radius 2 is 0.702 bits per heavy atom. The molecule has 7 aromatic carbocycles. The van der Waals surface area contributed by atoms with Gasteiger partial charge in [-0.25, -0.2) is 0 Å². The molecular weight excluding hydrogens is 573 g/mol. The summed E-state index contributed by atoms with van der Waals surface area (Å²) in [4.78, 5) is 0. The Hall–Kier alpha value is -6.57. The zero-order valence-electron chi connectivity index (χ0n) is 25.3. The Bertz CT molecular complexity index is 2870. The molecule has 0 fully saturated rings. The van der Waals surface area contributed by atoms with Crippen LogP contribution in [0.5, 0.6) is 0 Å². The summed E-state index contributed by atoms with van der Waals surface area (Å²) in [7, 11) is 0. The number of hydrogen-bond donors (Lipinski definition) is 0. The van der Waals surface area contributed by atoms with E-state index in [-0.39, 0.29) is 0 Å². The van der Waals surface area contributed by atoms with Crippen molar-refractivity contribution in [3.8, 4) is 23.1 Å². The van der Waals surface area contributed by atoms with E-state index in [1.54, 1.807) is 0 Å². The molecule has 4 heteroatoms. The minimum Gasteiger partial charge on any atom is -0.309 e. The third kappa shape index (κ3) is 3.63. The van der Waals surface area contributed by atoms with Crippen LogP contribution in [-0.4, -0.2) is 13.7 Å². The van der Waals surface area contributed by atoms with Crippen LogP contribution in [0.1, 0.15) is 5.56 Å². The van der Waals surface area contributed by atoms with Crippen LogP contribution >= 0.6 is 0 Å². The topological polar surface area (TPSA) is 38.6 Å². The molecule has 0 bridgehead atoms. The molecule has 3 heterocycles. The minimum atomic E-state index is 0.666. The van der Waals surface area contributed by atoms with E-state index in [2.05, 4.69) is 165 Å². The molecule has 0 aliphatic carbocycles. The monoisotopic (exact) mass is 598 g/mol. The molecule has 0 aliphatic rings. The molecule has 0 unspecified atom stereocenters. The van der Waals surface area contributed by atoms with E-state index < -0.39 is 0 Å². The molecule has 3 aromatic heterocycles. The average molecular weight is 599 g/mol. The molecule has 10 aromatic rings. The molecule has 0 amide bonds. The summed E-state index contributed by atoms with van der Waals surface area (Å²) < 4.78 is 7.08. The summed E-state index contributed by atoms with van der Waals surface area (Å²) in [6.45, 7) is 0. The SMILES string of the molecule is N#Cc1ccc2c(c1)c1ccccc1n2-c1cccc(-n2c3ccccc3c3cc(-n4c5ccccc5c5ccccc54)ccc32)c1. The fourth-order valence-electron chi connectivity index (χ4n) is 7.67. The molecule has 0 atom stereocenters. The highest BCUT2D eigenvalue weighted by molar-refractivity contribution is 6.13. The number of nitriles is 1. The molecular formula is C43H26N4. The van der Waals surface area contributed by atoms with E-state index in [0.717, 1.165) is 44.4 Å². The first-order valence-electron chi connectivity index (χ1n) is 15.8. The van der Waals surface area contributed by atoms with Gasteiger partial charge < -0.3 is 13.7 Å². The minimum absolute atomic E-state index is 0.666. The number of benzene rings is 7. The maximum absolute atomic E-state index is 9.61. The Morgan fingerprint density at radius 3 is 1.19 bits per heavy atom. The van der Waals surface area contributed by atoms with Gasteiger partial charge in [0.05, 0.1) is 44.7 Å². The first kappa shape index (κ1) is 25.7. The zero-order valence-corrected chi connectivity index (χ0v) is 25.3. The Morgan fingerprint density at radius 1 is 0.319 bits per heavy atom. The molecule has 0 radical (unpaired) electrons. The Kier molecular flexibility index (Phi) is 5.32. The predicted octanol–water partition coefficient (Wildman–Crippen LogP) is 10.8. The number of para-hydroxylation sites is 4. The second-order valence-electron chi connectivity index (χ2n) is 12.1. The van der Waals surface area contributed by atoms with Crippen LogP contribution in [0.3, 0.4) is 0 Å². The van der Waals surface area contributed by atoms with Crippen molar-refractivity contribution in [1.29, 1.82) is 5.26 Å². The molecule has 0 N–H and O–H groups in total. The van der Waals surface area contributed by atoms with Crippen LogP contribution in [0.15, 0.2) is 158 Å². The molecule has 10 rings (SSSR count).